The van der Waals surface area contributed by atoms with Crippen molar-refractivity contribution in [1.82, 2.24) is 14.8 Å². The molecule has 1 aliphatic carbocycles. The van der Waals surface area contributed by atoms with Crippen molar-refractivity contribution in [2.45, 2.75) is 45.6 Å². The van der Waals surface area contributed by atoms with Crippen molar-refractivity contribution >= 4 is 28.6 Å². The maximum absolute atomic E-state index is 13.2. The monoisotopic (exact) mass is 392 g/mol. The van der Waals surface area contributed by atoms with Gasteiger partial charge in [0.25, 0.3) is 5.91 Å². The molecular formula is C22H24N4O3. The van der Waals surface area contributed by atoms with Gasteiger partial charge in [0.2, 0.25) is 0 Å². The molecule has 0 saturated heterocycles. The number of esters is 1. The number of fused-ring (bicyclic) bond motifs is 1. The van der Waals surface area contributed by atoms with Gasteiger partial charge < -0.3 is 10.1 Å². The molecule has 4 rings (SSSR count). The van der Waals surface area contributed by atoms with Crippen LogP contribution in [0.2, 0.25) is 0 Å². The van der Waals surface area contributed by atoms with Crippen LogP contribution < -0.4 is 5.32 Å². The average Bonchev–Trinajstić information content (AvgIpc) is 3.46. The van der Waals surface area contributed by atoms with E-state index in [2.05, 4.69) is 10.4 Å². The standard InChI is InChI=1S/C22H24N4O3/c1-12(2)26-20-17(11-23-26)16(10-19(24-20)14-7-8-14)21(27)25-18-9-15(22(28)29-4)6-5-13(18)3/h5-6,9-12,14H,7-8H2,1-4H3,(H,25,27). The number of amides is 1. The number of hydrogen-bond acceptors (Lipinski definition) is 5. The largest absolute Gasteiger partial charge is 0.465 e. The van der Waals surface area contributed by atoms with Crippen LogP contribution in [0.4, 0.5) is 5.69 Å². The molecule has 7 nitrogen and oxygen atoms in total. The number of nitrogens with one attached hydrogen (secondary N) is 1. The molecule has 3 aromatic rings. The highest BCUT2D eigenvalue weighted by atomic mass is 16.5. The summed E-state index contributed by atoms with van der Waals surface area (Å²) in [6, 6.07) is 7.12. The number of aromatic nitrogens is 3. The van der Waals surface area contributed by atoms with Gasteiger partial charge in [0, 0.05) is 23.3 Å². The van der Waals surface area contributed by atoms with E-state index in [9.17, 15) is 9.59 Å². The fourth-order valence-corrected chi connectivity index (χ4v) is 3.38. The molecule has 1 saturated carbocycles. The minimum atomic E-state index is -0.443. The van der Waals surface area contributed by atoms with Crippen molar-refractivity contribution in [3.05, 3.63) is 52.8 Å². The van der Waals surface area contributed by atoms with Crippen molar-refractivity contribution in [3.8, 4) is 0 Å². The number of aryl methyl sites for hydroxylation is 1. The zero-order chi connectivity index (χ0) is 20.7. The Kier molecular flexibility index (Phi) is 4.82. The van der Waals surface area contributed by atoms with E-state index in [1.807, 2.05) is 31.5 Å². The van der Waals surface area contributed by atoms with Crippen molar-refractivity contribution in [2.24, 2.45) is 0 Å². The Morgan fingerprint density at radius 3 is 2.66 bits per heavy atom. The highest BCUT2D eigenvalue weighted by Gasteiger charge is 2.28. The van der Waals surface area contributed by atoms with Crippen molar-refractivity contribution in [2.75, 3.05) is 12.4 Å². The number of hydrogen-bond donors (Lipinski definition) is 1. The number of anilines is 1. The Bertz CT molecular complexity index is 1110. The van der Waals surface area contributed by atoms with E-state index >= 15 is 0 Å². The van der Waals surface area contributed by atoms with Gasteiger partial charge in [-0.3, -0.25) is 4.79 Å². The quantitative estimate of drug-likeness (QED) is 0.657. The zero-order valence-corrected chi connectivity index (χ0v) is 17.0. The number of benzene rings is 1. The van der Waals surface area contributed by atoms with E-state index in [4.69, 9.17) is 9.72 Å². The number of ether oxygens (including phenoxy) is 1. The SMILES string of the molecule is COC(=O)c1ccc(C)c(NC(=O)c2cc(C3CC3)nc3c2cnn3C(C)C)c1. The van der Waals surface area contributed by atoms with Crippen LogP contribution in [-0.2, 0) is 4.74 Å². The third kappa shape index (κ3) is 3.60. The first kappa shape index (κ1) is 19.1. The fraction of sp³-hybridized carbons (Fsp3) is 0.364. The van der Waals surface area contributed by atoms with Crippen LogP contribution in [-0.4, -0.2) is 33.8 Å². The van der Waals surface area contributed by atoms with Gasteiger partial charge in [0.1, 0.15) is 0 Å². The maximum atomic E-state index is 13.2. The highest BCUT2D eigenvalue weighted by Crippen LogP contribution is 2.40. The lowest BCUT2D eigenvalue weighted by Gasteiger charge is -2.12. The van der Waals surface area contributed by atoms with Gasteiger partial charge in [-0.1, -0.05) is 6.07 Å². The molecule has 1 amide bonds. The molecule has 0 spiro atoms. The van der Waals surface area contributed by atoms with E-state index < -0.39 is 5.97 Å². The van der Waals surface area contributed by atoms with Crippen molar-refractivity contribution < 1.29 is 14.3 Å². The van der Waals surface area contributed by atoms with Crippen LogP contribution in [0.15, 0.2) is 30.5 Å². The third-order valence-electron chi connectivity index (χ3n) is 5.22. The van der Waals surface area contributed by atoms with Crippen LogP contribution >= 0.6 is 0 Å². The lowest BCUT2D eigenvalue weighted by molar-refractivity contribution is 0.0600. The predicted octanol–water partition coefficient (Wildman–Crippen LogP) is 4.24. The number of methoxy groups -OCH3 is 1. The third-order valence-corrected chi connectivity index (χ3v) is 5.22. The maximum Gasteiger partial charge on any atom is 0.337 e. The van der Waals surface area contributed by atoms with Gasteiger partial charge in [-0.05, 0) is 57.4 Å². The molecule has 2 aromatic heterocycles. The lowest BCUT2D eigenvalue weighted by Crippen LogP contribution is -2.15. The molecule has 0 unspecified atom stereocenters. The second-order valence-corrected chi connectivity index (χ2v) is 7.76. The lowest BCUT2D eigenvalue weighted by atomic mass is 10.1. The van der Waals surface area contributed by atoms with Gasteiger partial charge in [-0.15, -0.1) is 0 Å². The van der Waals surface area contributed by atoms with E-state index in [-0.39, 0.29) is 11.9 Å². The summed E-state index contributed by atoms with van der Waals surface area (Å²) < 4.78 is 6.63. The Balaban J connectivity index is 1.75. The van der Waals surface area contributed by atoms with Crippen LogP contribution in [0.1, 0.15) is 70.6 Å². The summed E-state index contributed by atoms with van der Waals surface area (Å²) in [7, 11) is 1.33. The van der Waals surface area contributed by atoms with Crippen LogP contribution in [0.25, 0.3) is 11.0 Å². The van der Waals surface area contributed by atoms with E-state index in [0.717, 1.165) is 35.1 Å². The Morgan fingerprint density at radius 1 is 1.24 bits per heavy atom. The molecule has 1 N–H and O–H groups in total. The molecule has 0 atom stereocenters. The van der Waals surface area contributed by atoms with E-state index in [1.54, 1.807) is 24.4 Å². The Hall–Kier alpha value is -3.22. The molecule has 1 fully saturated rings. The van der Waals surface area contributed by atoms with Gasteiger partial charge in [-0.25, -0.2) is 14.5 Å². The molecule has 150 valence electrons. The summed E-state index contributed by atoms with van der Waals surface area (Å²) in [5.41, 5.74) is 4.04. The topological polar surface area (TPSA) is 86.1 Å². The first-order valence-corrected chi connectivity index (χ1v) is 9.77. The second kappa shape index (κ2) is 7.31. The molecule has 0 bridgehead atoms. The molecule has 0 aliphatic heterocycles. The Morgan fingerprint density at radius 2 is 2.00 bits per heavy atom. The molecule has 2 heterocycles. The smallest absolute Gasteiger partial charge is 0.337 e. The highest BCUT2D eigenvalue weighted by molar-refractivity contribution is 6.12. The van der Waals surface area contributed by atoms with E-state index in [1.165, 1.54) is 7.11 Å². The minimum Gasteiger partial charge on any atom is -0.465 e. The molecular weight excluding hydrogens is 368 g/mol. The second-order valence-electron chi connectivity index (χ2n) is 7.76. The summed E-state index contributed by atoms with van der Waals surface area (Å²) in [6.07, 6.45) is 3.89. The summed E-state index contributed by atoms with van der Waals surface area (Å²) in [5, 5.41) is 8.12. The van der Waals surface area contributed by atoms with Crippen LogP contribution in [0.3, 0.4) is 0 Å². The zero-order valence-electron chi connectivity index (χ0n) is 17.0. The van der Waals surface area contributed by atoms with Gasteiger partial charge in [0.05, 0.1) is 29.8 Å². The van der Waals surface area contributed by atoms with Gasteiger partial charge in [0.15, 0.2) is 5.65 Å². The molecule has 0 radical (unpaired) electrons. The number of nitrogens with zero attached hydrogens (tertiary/aromatic N) is 3. The number of carbonyl (C=O) groups excluding carboxylic acids is 2. The minimum absolute atomic E-state index is 0.143. The number of pyridine rings is 1. The van der Waals surface area contributed by atoms with Crippen molar-refractivity contribution in [3.63, 3.8) is 0 Å². The Labute approximate surface area is 169 Å². The molecule has 29 heavy (non-hydrogen) atoms. The van der Waals surface area contributed by atoms with Gasteiger partial charge in [-0.2, -0.15) is 5.10 Å². The molecule has 1 aromatic carbocycles. The first-order valence-electron chi connectivity index (χ1n) is 9.77. The average molecular weight is 392 g/mol. The summed E-state index contributed by atoms with van der Waals surface area (Å²) >= 11 is 0. The normalized spacial score (nSPS) is 13.7. The fourth-order valence-electron chi connectivity index (χ4n) is 3.38. The summed E-state index contributed by atoms with van der Waals surface area (Å²) in [5.74, 6) is -0.278. The van der Waals surface area contributed by atoms with Crippen molar-refractivity contribution in [1.29, 1.82) is 0 Å². The van der Waals surface area contributed by atoms with E-state index in [0.29, 0.717) is 22.7 Å². The van der Waals surface area contributed by atoms with Gasteiger partial charge >= 0.3 is 5.97 Å². The molecule has 7 heteroatoms. The first-order chi connectivity index (χ1) is 13.9. The van der Waals surface area contributed by atoms with Crippen LogP contribution in [0.5, 0.6) is 0 Å². The number of rotatable bonds is 5. The van der Waals surface area contributed by atoms with Crippen LogP contribution in [0, 0.1) is 6.92 Å². The summed E-state index contributed by atoms with van der Waals surface area (Å²) in [4.78, 5) is 29.9. The predicted molar refractivity (Wildman–Crippen MR) is 110 cm³/mol. The summed E-state index contributed by atoms with van der Waals surface area (Å²) in [6.45, 7) is 5.96. The number of carbonyl (C=O) groups is 2. The molecule has 1 aliphatic rings.